The maximum absolute atomic E-state index is 9.12. The number of hydrogen-bond donors (Lipinski definition) is 2. The zero-order chi connectivity index (χ0) is 8.27. The monoisotopic (exact) mass is 152 g/mol. The average molecular weight is 152 g/mol. The average Bonchev–Trinajstić information content (AvgIpc) is 1.98. The summed E-state index contributed by atoms with van der Waals surface area (Å²) < 4.78 is 0. The zero-order valence-electron chi connectivity index (χ0n) is 5.82. The third kappa shape index (κ3) is 1.78. The fourth-order valence-electron chi connectivity index (χ4n) is 0.663. The lowest BCUT2D eigenvalue weighted by molar-refractivity contribution is -0.140. The third-order valence-corrected chi connectivity index (χ3v) is 1.35. The lowest BCUT2D eigenvalue weighted by Crippen LogP contribution is -1.98. The smallest absolute Gasteiger partial charge is 0.329 e. The molecule has 0 unspecified atom stereocenters. The van der Waals surface area contributed by atoms with Crippen LogP contribution in [0, 0.1) is 0 Å². The van der Waals surface area contributed by atoms with Crippen LogP contribution in [0.15, 0.2) is 24.3 Å². The van der Waals surface area contributed by atoms with Gasteiger partial charge in [0.15, 0.2) is 0 Å². The predicted octanol–water partition coefficient (Wildman–Crippen LogP) is 0.730. The quantitative estimate of drug-likeness (QED) is 0.633. The van der Waals surface area contributed by atoms with Crippen LogP contribution in [0.1, 0.15) is 0 Å². The molecule has 0 spiro atoms. The molecule has 0 fully saturated rings. The highest BCUT2D eigenvalue weighted by atomic mass is 16.4. The Kier molecular flexibility index (Phi) is 2.23. The summed E-state index contributed by atoms with van der Waals surface area (Å²) >= 11 is 0. The van der Waals surface area contributed by atoms with Gasteiger partial charge in [-0.3, -0.25) is 0 Å². The van der Waals surface area contributed by atoms with Crippen LogP contribution in [0.3, 0.4) is 0 Å². The van der Waals surface area contributed by atoms with Crippen molar-refractivity contribution in [1.82, 2.24) is 0 Å². The molecule has 0 bridgehead atoms. The highest BCUT2D eigenvalue weighted by Gasteiger charge is 2.03. The molecular weight excluding hydrogens is 144 g/mol. The van der Waals surface area contributed by atoms with Gasteiger partial charge in [0.1, 0.15) is 6.61 Å². The lowest BCUT2D eigenvalue weighted by Gasteiger charge is -2.10. The van der Waals surface area contributed by atoms with Gasteiger partial charge in [-0.15, -0.1) is 0 Å². The molecule has 0 saturated heterocycles. The van der Waals surface area contributed by atoms with Crippen molar-refractivity contribution in [3.8, 4) is 11.1 Å². The summed E-state index contributed by atoms with van der Waals surface area (Å²) in [6, 6.07) is 8.48. The number of benzene rings is 1. The zero-order valence-corrected chi connectivity index (χ0v) is 5.82. The van der Waals surface area contributed by atoms with E-state index in [1.165, 1.54) is 11.1 Å². The minimum absolute atomic E-state index is 0.778. The van der Waals surface area contributed by atoms with Crippen molar-refractivity contribution < 1.29 is 15.0 Å². The Morgan fingerprint density at radius 2 is 1.45 bits per heavy atom. The van der Waals surface area contributed by atoms with Crippen LogP contribution in [0.5, 0.6) is 0 Å². The third-order valence-electron chi connectivity index (χ3n) is 1.35. The molecular formula is C8H8O3. The molecule has 11 heavy (non-hydrogen) atoms. The Morgan fingerprint density at radius 1 is 1.18 bits per heavy atom. The van der Waals surface area contributed by atoms with Crippen LogP contribution in [0.4, 0.5) is 0 Å². The second-order valence-electron chi connectivity index (χ2n) is 2.13. The number of rotatable bonds is 1. The van der Waals surface area contributed by atoms with Gasteiger partial charge in [-0.05, 0) is 11.1 Å². The van der Waals surface area contributed by atoms with Crippen molar-refractivity contribution in [2.45, 2.75) is 0 Å². The first-order chi connectivity index (χ1) is 5.24. The fraction of sp³-hybridized carbons (Fsp3) is 0.125. The maximum atomic E-state index is 9.12. The van der Waals surface area contributed by atoms with E-state index in [1.807, 2.05) is 0 Å². The van der Waals surface area contributed by atoms with Gasteiger partial charge >= 0.3 is 5.97 Å². The van der Waals surface area contributed by atoms with E-state index in [0.717, 1.165) is 0 Å². The number of aliphatic hydroxyl groups is 1. The molecule has 0 heterocycles. The van der Waals surface area contributed by atoms with Crippen LogP contribution in [0.2, 0.25) is 0 Å². The highest BCUT2D eigenvalue weighted by Crippen LogP contribution is 2.29. The van der Waals surface area contributed by atoms with E-state index in [0.29, 0.717) is 0 Å². The van der Waals surface area contributed by atoms with Gasteiger partial charge in [-0.25, -0.2) is 4.79 Å². The Balaban J connectivity index is 0.000000114. The number of aliphatic carboxylic acids is 1. The minimum Gasteiger partial charge on any atom is -0.480 e. The molecule has 2 aliphatic rings. The minimum atomic E-state index is -1.19. The van der Waals surface area contributed by atoms with Gasteiger partial charge in [0.05, 0.1) is 0 Å². The summed E-state index contributed by atoms with van der Waals surface area (Å²) in [6.07, 6.45) is 0. The Morgan fingerprint density at radius 3 is 1.45 bits per heavy atom. The SMILES string of the molecule is O=C(O)CO.c1cc2ccc1-2. The number of carboxylic acid groups (broad SMARTS) is 1. The van der Waals surface area contributed by atoms with Crippen LogP contribution in [-0.4, -0.2) is 22.8 Å². The van der Waals surface area contributed by atoms with Gasteiger partial charge in [-0.1, -0.05) is 24.3 Å². The van der Waals surface area contributed by atoms with Crippen molar-refractivity contribution in [2.75, 3.05) is 6.61 Å². The van der Waals surface area contributed by atoms with Crippen molar-refractivity contribution >= 4 is 5.97 Å². The first kappa shape index (κ1) is 7.75. The van der Waals surface area contributed by atoms with Gasteiger partial charge in [0.25, 0.3) is 0 Å². The Hall–Kier alpha value is -1.35. The molecule has 2 rings (SSSR count). The second kappa shape index (κ2) is 3.16. The number of fused-ring (bicyclic) bond motifs is 1. The summed E-state index contributed by atoms with van der Waals surface area (Å²) in [5.74, 6) is -1.19. The van der Waals surface area contributed by atoms with Gasteiger partial charge in [-0.2, -0.15) is 0 Å². The lowest BCUT2D eigenvalue weighted by atomic mass is 9.95. The van der Waals surface area contributed by atoms with Crippen LogP contribution < -0.4 is 0 Å². The molecule has 2 N–H and O–H groups in total. The molecule has 3 nitrogen and oxygen atoms in total. The summed E-state index contributed by atoms with van der Waals surface area (Å²) in [5, 5.41) is 15.0. The fourth-order valence-corrected chi connectivity index (χ4v) is 0.663. The van der Waals surface area contributed by atoms with Gasteiger partial charge in [0.2, 0.25) is 0 Å². The molecule has 58 valence electrons. The first-order valence-corrected chi connectivity index (χ1v) is 3.17. The standard InChI is InChI=1S/C6H4.C2H4O3/c1-2-6-4-3-5(1)6;3-1-2(4)5/h1-4H;3H,1H2,(H,4,5). The van der Waals surface area contributed by atoms with Gasteiger partial charge in [0, 0.05) is 0 Å². The van der Waals surface area contributed by atoms with E-state index in [4.69, 9.17) is 15.0 Å². The molecule has 0 amide bonds. The molecule has 0 aromatic rings. The van der Waals surface area contributed by atoms with E-state index in [9.17, 15) is 0 Å². The first-order valence-electron chi connectivity index (χ1n) is 3.17. The van der Waals surface area contributed by atoms with E-state index in [-0.39, 0.29) is 0 Å². The molecule has 0 saturated carbocycles. The largest absolute Gasteiger partial charge is 0.480 e. The topological polar surface area (TPSA) is 57.5 Å². The predicted molar refractivity (Wildman–Crippen MR) is 40.2 cm³/mol. The molecule has 0 aliphatic heterocycles. The second-order valence-corrected chi connectivity index (χ2v) is 2.13. The number of hydrogen-bond acceptors (Lipinski definition) is 2. The molecule has 3 heteroatoms. The Labute approximate surface area is 63.9 Å². The van der Waals surface area contributed by atoms with E-state index in [2.05, 4.69) is 24.3 Å². The molecule has 0 radical (unpaired) electrons. The number of carboxylic acids is 1. The van der Waals surface area contributed by atoms with E-state index < -0.39 is 12.6 Å². The summed E-state index contributed by atoms with van der Waals surface area (Å²) in [7, 11) is 0. The number of carbonyl (C=O) groups is 1. The van der Waals surface area contributed by atoms with Crippen LogP contribution in [-0.2, 0) is 4.79 Å². The highest BCUT2D eigenvalue weighted by molar-refractivity contribution is 5.75. The summed E-state index contributed by atoms with van der Waals surface area (Å²) in [5.41, 5.74) is 2.85. The van der Waals surface area contributed by atoms with Crippen molar-refractivity contribution in [1.29, 1.82) is 0 Å². The maximum Gasteiger partial charge on any atom is 0.329 e. The van der Waals surface area contributed by atoms with Gasteiger partial charge < -0.3 is 10.2 Å². The normalized spacial score (nSPS) is 9.55. The number of aliphatic hydroxyl groups excluding tert-OH is 1. The molecule has 0 atom stereocenters. The molecule has 0 aromatic heterocycles. The van der Waals surface area contributed by atoms with Crippen molar-refractivity contribution in [3.63, 3.8) is 0 Å². The van der Waals surface area contributed by atoms with E-state index >= 15 is 0 Å². The van der Waals surface area contributed by atoms with E-state index in [1.54, 1.807) is 0 Å². The Bertz CT molecular complexity index is 230. The van der Waals surface area contributed by atoms with Crippen LogP contribution in [0.25, 0.3) is 11.1 Å². The summed E-state index contributed by atoms with van der Waals surface area (Å²) in [4.78, 5) is 9.12. The molecule has 2 aliphatic carbocycles. The van der Waals surface area contributed by atoms with Crippen molar-refractivity contribution in [2.24, 2.45) is 0 Å². The van der Waals surface area contributed by atoms with Crippen molar-refractivity contribution in [3.05, 3.63) is 24.3 Å². The summed E-state index contributed by atoms with van der Waals surface area (Å²) in [6.45, 7) is -0.778. The molecule has 0 aromatic carbocycles. The van der Waals surface area contributed by atoms with Crippen LogP contribution >= 0.6 is 0 Å².